The molecule has 0 aliphatic heterocycles. The number of anilines is 1. The molecule has 0 saturated carbocycles. The number of aryl methyl sites for hydroxylation is 1. The standard InChI is InChI=1S/C19H24N2O2.ClH/c1-3-20-14-16-6-4-5-7-18(16)21-19(22)13-10-15-8-11-17(23-2)12-9-15;/h4-9,11-12,20H,3,10,13-14H2,1-2H3,(H,21,22);1H. The van der Waals surface area contributed by atoms with Crippen molar-refractivity contribution in [3.05, 3.63) is 59.7 Å². The fourth-order valence-electron chi connectivity index (χ4n) is 2.32. The normalized spacial score (nSPS) is 9.92. The Morgan fingerprint density at radius 3 is 2.46 bits per heavy atom. The molecule has 0 heterocycles. The van der Waals surface area contributed by atoms with Gasteiger partial charge in [-0.25, -0.2) is 0 Å². The first kappa shape index (κ1) is 20.0. The van der Waals surface area contributed by atoms with E-state index in [2.05, 4.69) is 17.6 Å². The van der Waals surface area contributed by atoms with Gasteiger partial charge in [-0.3, -0.25) is 4.79 Å². The van der Waals surface area contributed by atoms with E-state index in [0.29, 0.717) is 12.8 Å². The lowest BCUT2D eigenvalue weighted by atomic mass is 10.1. The van der Waals surface area contributed by atoms with Gasteiger partial charge in [0.2, 0.25) is 5.91 Å². The van der Waals surface area contributed by atoms with E-state index in [4.69, 9.17) is 4.74 Å². The lowest BCUT2D eigenvalue weighted by Gasteiger charge is -2.11. The number of ether oxygens (including phenoxy) is 1. The van der Waals surface area contributed by atoms with Crippen LogP contribution in [0, 0.1) is 0 Å². The third-order valence-corrected chi connectivity index (χ3v) is 3.66. The Bertz CT molecular complexity index is 630. The van der Waals surface area contributed by atoms with E-state index in [9.17, 15) is 4.79 Å². The number of hydrogen-bond donors (Lipinski definition) is 2. The zero-order valence-electron chi connectivity index (χ0n) is 14.2. The molecule has 0 aromatic heterocycles. The summed E-state index contributed by atoms with van der Waals surface area (Å²) >= 11 is 0. The number of carbonyl (C=O) groups is 1. The van der Waals surface area contributed by atoms with Crippen LogP contribution in [0.25, 0.3) is 0 Å². The minimum Gasteiger partial charge on any atom is -0.497 e. The van der Waals surface area contributed by atoms with Crippen molar-refractivity contribution in [1.82, 2.24) is 5.32 Å². The SMILES string of the molecule is CCNCc1ccccc1NC(=O)CCc1ccc(OC)cc1.Cl. The number of carbonyl (C=O) groups excluding carboxylic acids is 1. The molecule has 130 valence electrons. The first-order valence-electron chi connectivity index (χ1n) is 7.94. The van der Waals surface area contributed by atoms with E-state index in [-0.39, 0.29) is 18.3 Å². The first-order valence-corrected chi connectivity index (χ1v) is 7.94. The molecule has 1 amide bonds. The van der Waals surface area contributed by atoms with Crippen LogP contribution in [0.2, 0.25) is 0 Å². The molecule has 0 spiro atoms. The van der Waals surface area contributed by atoms with Gasteiger partial charge in [0.1, 0.15) is 5.75 Å². The van der Waals surface area contributed by atoms with E-state index < -0.39 is 0 Å². The van der Waals surface area contributed by atoms with E-state index in [0.717, 1.165) is 35.7 Å². The number of para-hydroxylation sites is 1. The van der Waals surface area contributed by atoms with Gasteiger partial charge in [-0.15, -0.1) is 12.4 Å². The lowest BCUT2D eigenvalue weighted by molar-refractivity contribution is -0.116. The Balaban J connectivity index is 0.00000288. The molecule has 0 radical (unpaired) electrons. The summed E-state index contributed by atoms with van der Waals surface area (Å²) in [7, 11) is 1.65. The van der Waals surface area contributed by atoms with Gasteiger partial charge in [-0.05, 0) is 42.3 Å². The second-order valence-corrected chi connectivity index (χ2v) is 5.33. The van der Waals surface area contributed by atoms with Crippen LogP contribution in [0.3, 0.4) is 0 Å². The Morgan fingerprint density at radius 1 is 1.08 bits per heavy atom. The van der Waals surface area contributed by atoms with Gasteiger partial charge in [-0.2, -0.15) is 0 Å². The van der Waals surface area contributed by atoms with Crippen molar-refractivity contribution in [1.29, 1.82) is 0 Å². The smallest absolute Gasteiger partial charge is 0.224 e. The fraction of sp³-hybridized carbons (Fsp3) is 0.316. The van der Waals surface area contributed by atoms with E-state index >= 15 is 0 Å². The molecule has 4 nitrogen and oxygen atoms in total. The topological polar surface area (TPSA) is 50.4 Å². The number of rotatable bonds is 8. The predicted molar refractivity (Wildman–Crippen MR) is 101 cm³/mol. The summed E-state index contributed by atoms with van der Waals surface area (Å²) in [5.74, 6) is 0.861. The van der Waals surface area contributed by atoms with Gasteiger partial charge in [-0.1, -0.05) is 37.3 Å². The van der Waals surface area contributed by atoms with Gasteiger partial charge < -0.3 is 15.4 Å². The van der Waals surface area contributed by atoms with Crippen LogP contribution in [0.5, 0.6) is 5.75 Å². The number of halogens is 1. The molecule has 0 aliphatic carbocycles. The second kappa shape index (κ2) is 10.7. The molecule has 0 fully saturated rings. The molecule has 0 aliphatic rings. The monoisotopic (exact) mass is 348 g/mol. The van der Waals surface area contributed by atoms with E-state index in [1.807, 2.05) is 48.5 Å². The molecule has 2 aromatic rings. The highest BCUT2D eigenvalue weighted by atomic mass is 35.5. The van der Waals surface area contributed by atoms with Crippen molar-refractivity contribution < 1.29 is 9.53 Å². The minimum absolute atomic E-state index is 0. The number of benzene rings is 2. The molecular formula is C19H25ClN2O2. The molecule has 2 N–H and O–H groups in total. The summed E-state index contributed by atoms with van der Waals surface area (Å²) in [5.41, 5.74) is 3.11. The van der Waals surface area contributed by atoms with Gasteiger partial charge in [0.15, 0.2) is 0 Å². The van der Waals surface area contributed by atoms with Crippen molar-refractivity contribution in [3.8, 4) is 5.75 Å². The highest BCUT2D eigenvalue weighted by Gasteiger charge is 2.07. The van der Waals surface area contributed by atoms with Crippen LogP contribution in [0.4, 0.5) is 5.69 Å². The molecule has 5 heteroatoms. The Hall–Kier alpha value is -2.04. The number of amides is 1. The average molecular weight is 349 g/mol. The van der Waals surface area contributed by atoms with Gasteiger partial charge in [0, 0.05) is 18.7 Å². The summed E-state index contributed by atoms with van der Waals surface area (Å²) in [6, 6.07) is 15.7. The summed E-state index contributed by atoms with van der Waals surface area (Å²) in [5, 5.41) is 6.29. The molecule has 2 rings (SSSR count). The van der Waals surface area contributed by atoms with Crippen molar-refractivity contribution in [2.45, 2.75) is 26.3 Å². The van der Waals surface area contributed by atoms with Crippen molar-refractivity contribution >= 4 is 24.0 Å². The molecule has 24 heavy (non-hydrogen) atoms. The van der Waals surface area contributed by atoms with Crippen LogP contribution in [0.1, 0.15) is 24.5 Å². The largest absolute Gasteiger partial charge is 0.497 e. The maximum Gasteiger partial charge on any atom is 0.224 e. The van der Waals surface area contributed by atoms with E-state index in [1.165, 1.54) is 0 Å². The summed E-state index contributed by atoms with van der Waals surface area (Å²) in [4.78, 5) is 12.2. The number of nitrogens with one attached hydrogen (secondary N) is 2. The summed E-state index contributed by atoms with van der Waals surface area (Å²) in [6.07, 6.45) is 1.17. The van der Waals surface area contributed by atoms with Crippen LogP contribution < -0.4 is 15.4 Å². The number of hydrogen-bond acceptors (Lipinski definition) is 3. The zero-order valence-corrected chi connectivity index (χ0v) is 15.0. The Kier molecular flexibility index (Phi) is 8.90. The average Bonchev–Trinajstić information content (AvgIpc) is 2.59. The predicted octanol–water partition coefficient (Wildman–Crippen LogP) is 3.80. The summed E-state index contributed by atoms with van der Waals surface area (Å²) in [6.45, 7) is 3.72. The quantitative estimate of drug-likeness (QED) is 0.763. The zero-order chi connectivity index (χ0) is 16.5. The van der Waals surface area contributed by atoms with Crippen molar-refractivity contribution in [2.24, 2.45) is 0 Å². The van der Waals surface area contributed by atoms with Gasteiger partial charge in [0.25, 0.3) is 0 Å². The van der Waals surface area contributed by atoms with Crippen LogP contribution >= 0.6 is 12.4 Å². The highest BCUT2D eigenvalue weighted by Crippen LogP contribution is 2.16. The van der Waals surface area contributed by atoms with Crippen LogP contribution in [0.15, 0.2) is 48.5 Å². The molecular weight excluding hydrogens is 324 g/mol. The van der Waals surface area contributed by atoms with Crippen molar-refractivity contribution in [2.75, 3.05) is 19.0 Å². The fourth-order valence-corrected chi connectivity index (χ4v) is 2.32. The maximum absolute atomic E-state index is 12.2. The third-order valence-electron chi connectivity index (χ3n) is 3.66. The second-order valence-electron chi connectivity index (χ2n) is 5.33. The number of methoxy groups -OCH3 is 1. The molecule has 0 bridgehead atoms. The van der Waals surface area contributed by atoms with Crippen LogP contribution in [-0.4, -0.2) is 19.6 Å². The molecule has 2 aromatic carbocycles. The van der Waals surface area contributed by atoms with Crippen molar-refractivity contribution in [3.63, 3.8) is 0 Å². The highest BCUT2D eigenvalue weighted by molar-refractivity contribution is 5.91. The maximum atomic E-state index is 12.2. The molecule has 0 atom stereocenters. The molecule has 0 saturated heterocycles. The minimum atomic E-state index is 0. The first-order chi connectivity index (χ1) is 11.2. The summed E-state index contributed by atoms with van der Waals surface area (Å²) < 4.78 is 5.13. The Labute approximate surface area is 150 Å². The third kappa shape index (κ3) is 6.22. The molecule has 0 unspecified atom stereocenters. The van der Waals surface area contributed by atoms with Gasteiger partial charge >= 0.3 is 0 Å². The van der Waals surface area contributed by atoms with Gasteiger partial charge in [0.05, 0.1) is 7.11 Å². The lowest BCUT2D eigenvalue weighted by Crippen LogP contribution is -2.17. The Morgan fingerprint density at radius 2 is 1.79 bits per heavy atom. The van der Waals surface area contributed by atoms with E-state index in [1.54, 1.807) is 7.11 Å². The van der Waals surface area contributed by atoms with Crippen LogP contribution in [-0.2, 0) is 17.8 Å².